The molecule has 1 saturated heterocycles. The zero-order valence-electron chi connectivity index (χ0n) is 10.9. The second kappa shape index (κ2) is 4.91. The summed E-state index contributed by atoms with van der Waals surface area (Å²) in [6, 6.07) is 1.72. The second-order valence-corrected chi connectivity index (χ2v) is 6.08. The summed E-state index contributed by atoms with van der Waals surface area (Å²) in [5, 5.41) is 9.17. The Morgan fingerprint density at radius 1 is 1.32 bits per heavy atom. The fourth-order valence-corrected chi connectivity index (χ4v) is 2.65. The number of rotatable bonds is 2. The maximum atomic E-state index is 12.2. The lowest BCUT2D eigenvalue weighted by molar-refractivity contribution is 0.0691. The minimum atomic E-state index is -3.67. The van der Waals surface area contributed by atoms with Crippen LogP contribution in [0.15, 0.2) is 6.07 Å². The van der Waals surface area contributed by atoms with Crippen molar-refractivity contribution in [1.29, 1.82) is 0 Å². The van der Waals surface area contributed by atoms with Crippen LogP contribution in [0.5, 0.6) is 0 Å². The number of hydrogen-bond donors (Lipinski definition) is 1. The Hall–Kier alpha value is -1.45. The molecule has 19 heavy (non-hydrogen) atoms. The first-order valence-corrected chi connectivity index (χ1v) is 7.37. The SMILES string of the molecule is Cc1cc(C(=O)N2CCN(S(N)(=O)=O)CC2)nn1C. The molecular weight excluding hydrogens is 270 g/mol. The van der Waals surface area contributed by atoms with Gasteiger partial charge in [0.25, 0.3) is 16.1 Å². The van der Waals surface area contributed by atoms with E-state index in [-0.39, 0.29) is 19.0 Å². The van der Waals surface area contributed by atoms with Gasteiger partial charge in [0.1, 0.15) is 0 Å². The first kappa shape index (κ1) is 14.0. The van der Waals surface area contributed by atoms with E-state index < -0.39 is 10.2 Å². The van der Waals surface area contributed by atoms with E-state index in [0.717, 1.165) is 5.69 Å². The topological polar surface area (TPSA) is 102 Å². The third-order valence-corrected chi connectivity index (χ3v) is 4.30. The van der Waals surface area contributed by atoms with Crippen molar-refractivity contribution in [1.82, 2.24) is 19.0 Å². The van der Waals surface area contributed by atoms with Gasteiger partial charge in [0.15, 0.2) is 5.69 Å². The molecule has 1 fully saturated rings. The first-order valence-electron chi connectivity index (χ1n) is 5.87. The van der Waals surface area contributed by atoms with Gasteiger partial charge in [-0.15, -0.1) is 0 Å². The van der Waals surface area contributed by atoms with Crippen molar-refractivity contribution in [2.45, 2.75) is 6.92 Å². The fourth-order valence-electron chi connectivity index (χ4n) is 1.97. The number of carbonyl (C=O) groups excluding carboxylic acids is 1. The summed E-state index contributed by atoms with van der Waals surface area (Å²) in [7, 11) is -1.90. The summed E-state index contributed by atoms with van der Waals surface area (Å²) in [4.78, 5) is 13.8. The molecule has 1 aliphatic heterocycles. The number of aryl methyl sites for hydroxylation is 2. The van der Waals surface area contributed by atoms with Gasteiger partial charge in [0, 0.05) is 38.9 Å². The molecule has 0 radical (unpaired) electrons. The van der Waals surface area contributed by atoms with Crippen molar-refractivity contribution < 1.29 is 13.2 Å². The molecule has 8 nitrogen and oxygen atoms in total. The Morgan fingerprint density at radius 2 is 1.89 bits per heavy atom. The third-order valence-electron chi connectivity index (χ3n) is 3.22. The predicted molar refractivity (Wildman–Crippen MR) is 68.5 cm³/mol. The minimum Gasteiger partial charge on any atom is -0.335 e. The molecule has 0 aromatic carbocycles. The molecule has 1 amide bonds. The molecule has 1 aliphatic rings. The molecular formula is C10H17N5O3S. The zero-order chi connectivity index (χ0) is 14.2. The van der Waals surface area contributed by atoms with Gasteiger partial charge in [0.2, 0.25) is 0 Å². The van der Waals surface area contributed by atoms with Crippen LogP contribution in [0.1, 0.15) is 16.2 Å². The molecule has 2 heterocycles. The van der Waals surface area contributed by atoms with Crippen molar-refractivity contribution in [3.63, 3.8) is 0 Å². The Balaban J connectivity index is 2.04. The van der Waals surface area contributed by atoms with Gasteiger partial charge in [-0.05, 0) is 13.0 Å². The van der Waals surface area contributed by atoms with Crippen LogP contribution in [0.2, 0.25) is 0 Å². The Kier molecular flexibility index (Phi) is 3.61. The molecule has 0 bridgehead atoms. The highest BCUT2D eigenvalue weighted by Crippen LogP contribution is 2.10. The van der Waals surface area contributed by atoms with E-state index in [9.17, 15) is 13.2 Å². The van der Waals surface area contributed by atoms with Gasteiger partial charge in [-0.2, -0.15) is 17.8 Å². The van der Waals surface area contributed by atoms with Crippen molar-refractivity contribution in [2.75, 3.05) is 26.2 Å². The van der Waals surface area contributed by atoms with Crippen LogP contribution in [0.4, 0.5) is 0 Å². The van der Waals surface area contributed by atoms with Crippen LogP contribution in [0, 0.1) is 6.92 Å². The van der Waals surface area contributed by atoms with Gasteiger partial charge in [-0.1, -0.05) is 0 Å². The number of nitrogens with zero attached hydrogens (tertiary/aromatic N) is 4. The average Bonchev–Trinajstić information content (AvgIpc) is 2.68. The van der Waals surface area contributed by atoms with E-state index in [1.807, 2.05) is 6.92 Å². The quantitative estimate of drug-likeness (QED) is 0.729. The van der Waals surface area contributed by atoms with Crippen LogP contribution in [-0.4, -0.2) is 59.5 Å². The average molecular weight is 287 g/mol. The van der Waals surface area contributed by atoms with Crippen molar-refractivity contribution in [3.8, 4) is 0 Å². The van der Waals surface area contributed by atoms with Gasteiger partial charge in [0.05, 0.1) is 0 Å². The highest BCUT2D eigenvalue weighted by molar-refractivity contribution is 7.86. The predicted octanol–water partition coefficient (Wildman–Crippen LogP) is -1.31. The van der Waals surface area contributed by atoms with Crippen LogP contribution in [-0.2, 0) is 17.3 Å². The van der Waals surface area contributed by atoms with Crippen LogP contribution in [0.25, 0.3) is 0 Å². The monoisotopic (exact) mass is 287 g/mol. The summed E-state index contributed by atoms with van der Waals surface area (Å²) in [5.41, 5.74) is 1.27. The highest BCUT2D eigenvalue weighted by Gasteiger charge is 2.28. The van der Waals surface area contributed by atoms with E-state index in [2.05, 4.69) is 5.10 Å². The van der Waals surface area contributed by atoms with E-state index in [4.69, 9.17) is 5.14 Å². The number of carbonyl (C=O) groups is 1. The zero-order valence-corrected chi connectivity index (χ0v) is 11.7. The second-order valence-electron chi connectivity index (χ2n) is 4.53. The van der Waals surface area contributed by atoms with E-state index >= 15 is 0 Å². The maximum Gasteiger partial charge on any atom is 0.277 e. The first-order chi connectivity index (χ1) is 8.79. The van der Waals surface area contributed by atoms with Gasteiger partial charge in [-0.3, -0.25) is 9.48 Å². The number of hydrogen-bond acceptors (Lipinski definition) is 4. The molecule has 0 spiro atoms. The lowest BCUT2D eigenvalue weighted by Gasteiger charge is -2.32. The van der Waals surface area contributed by atoms with Crippen LogP contribution >= 0.6 is 0 Å². The largest absolute Gasteiger partial charge is 0.335 e. The van der Waals surface area contributed by atoms with Crippen molar-refractivity contribution in [2.24, 2.45) is 12.2 Å². The van der Waals surface area contributed by atoms with Gasteiger partial charge < -0.3 is 4.90 Å². The number of amides is 1. The standard InChI is InChI=1S/C10H17N5O3S/c1-8-7-9(12-13(8)2)10(16)14-3-5-15(6-4-14)19(11,17)18/h7H,3-6H2,1-2H3,(H2,11,17,18). The molecule has 1 aromatic heterocycles. The van der Waals surface area contributed by atoms with Crippen molar-refractivity contribution >= 4 is 16.1 Å². The van der Waals surface area contributed by atoms with Crippen LogP contribution in [0.3, 0.4) is 0 Å². The lowest BCUT2D eigenvalue weighted by Crippen LogP contribution is -2.52. The van der Waals surface area contributed by atoms with Crippen LogP contribution < -0.4 is 5.14 Å². The third kappa shape index (κ3) is 2.94. The molecule has 2 N–H and O–H groups in total. The van der Waals surface area contributed by atoms with Gasteiger partial charge in [-0.25, -0.2) is 5.14 Å². The Bertz CT molecular complexity index is 567. The minimum absolute atomic E-state index is 0.183. The summed E-state index contributed by atoms with van der Waals surface area (Å²) in [5.74, 6) is -0.183. The molecule has 0 aliphatic carbocycles. The van der Waals surface area contributed by atoms with Gasteiger partial charge >= 0.3 is 0 Å². The van der Waals surface area contributed by atoms with E-state index in [1.165, 1.54) is 4.31 Å². The Morgan fingerprint density at radius 3 is 2.32 bits per heavy atom. The molecule has 1 aromatic rings. The molecule has 0 saturated carbocycles. The smallest absolute Gasteiger partial charge is 0.277 e. The number of aromatic nitrogens is 2. The maximum absolute atomic E-state index is 12.2. The number of piperazine rings is 1. The summed E-state index contributed by atoms with van der Waals surface area (Å²) in [6.45, 7) is 2.95. The molecule has 106 valence electrons. The Labute approximate surface area is 112 Å². The van der Waals surface area contributed by atoms with E-state index in [0.29, 0.717) is 18.8 Å². The van der Waals surface area contributed by atoms with E-state index in [1.54, 1.807) is 22.7 Å². The normalized spacial score (nSPS) is 17.7. The fraction of sp³-hybridized carbons (Fsp3) is 0.600. The molecule has 2 rings (SSSR count). The summed E-state index contributed by atoms with van der Waals surface area (Å²) >= 11 is 0. The number of nitrogens with two attached hydrogens (primary N) is 1. The summed E-state index contributed by atoms with van der Waals surface area (Å²) < 4.78 is 25.1. The molecule has 0 unspecified atom stereocenters. The lowest BCUT2D eigenvalue weighted by atomic mass is 10.3. The van der Waals surface area contributed by atoms with Crippen molar-refractivity contribution in [3.05, 3.63) is 17.5 Å². The highest BCUT2D eigenvalue weighted by atomic mass is 32.2. The molecule has 9 heteroatoms. The molecule has 0 atom stereocenters. The summed E-state index contributed by atoms with van der Waals surface area (Å²) in [6.07, 6.45) is 0.